The number of carbonyl (C=O) groups excluding carboxylic acids is 1. The molecule has 0 spiro atoms. The maximum absolute atomic E-state index is 12.1. The van der Waals surface area contributed by atoms with Crippen LogP contribution in [-0.4, -0.2) is 39.5 Å². The molecule has 1 aromatic carbocycles. The van der Waals surface area contributed by atoms with Crippen molar-refractivity contribution in [3.63, 3.8) is 0 Å². The summed E-state index contributed by atoms with van der Waals surface area (Å²) >= 11 is 0. The third-order valence-electron chi connectivity index (χ3n) is 5.60. The van der Waals surface area contributed by atoms with E-state index in [1.54, 1.807) is 6.20 Å². The molecule has 1 aliphatic heterocycles. The number of hydrogen-bond donors (Lipinski definition) is 2. The molecule has 1 aliphatic rings. The number of rotatable bonds is 7. The molecule has 0 saturated heterocycles. The van der Waals surface area contributed by atoms with Gasteiger partial charge < -0.3 is 25.0 Å². The predicted octanol–water partition coefficient (Wildman–Crippen LogP) is 4.44. The fourth-order valence-corrected chi connectivity index (χ4v) is 3.55. The van der Waals surface area contributed by atoms with Crippen LogP contribution in [0, 0.1) is 6.92 Å². The summed E-state index contributed by atoms with van der Waals surface area (Å²) in [4.78, 5) is 27.4. The van der Waals surface area contributed by atoms with E-state index >= 15 is 0 Å². The SMILES string of the molecule is Cc1nc(NCc2ccc(OCc3ccc(OC(C)(C)C)nc3)cc2)nc2c1NC(=O)[C@H](C)N2C.S. The van der Waals surface area contributed by atoms with Gasteiger partial charge in [-0.1, -0.05) is 12.1 Å². The molecule has 0 radical (unpaired) electrons. The number of nitrogens with zero attached hydrogens (tertiary/aromatic N) is 4. The fraction of sp³-hybridized carbons (Fsp3) is 0.385. The monoisotopic (exact) mass is 510 g/mol. The lowest BCUT2D eigenvalue weighted by Gasteiger charge is -2.32. The minimum absolute atomic E-state index is 0. The topological polar surface area (TPSA) is 102 Å². The van der Waals surface area contributed by atoms with Crippen molar-refractivity contribution in [3.8, 4) is 11.6 Å². The molecular formula is C26H34N6O3S. The Morgan fingerprint density at radius 3 is 2.42 bits per heavy atom. The summed E-state index contributed by atoms with van der Waals surface area (Å²) in [6.45, 7) is 10.7. The van der Waals surface area contributed by atoms with E-state index in [9.17, 15) is 4.79 Å². The Kier molecular flexibility index (Phi) is 8.29. The summed E-state index contributed by atoms with van der Waals surface area (Å²) in [7, 11) is 1.86. The number of anilines is 3. The highest BCUT2D eigenvalue weighted by Crippen LogP contribution is 2.32. The van der Waals surface area contributed by atoms with Gasteiger partial charge in [0.1, 0.15) is 29.7 Å². The van der Waals surface area contributed by atoms with Gasteiger partial charge in [-0.3, -0.25) is 4.79 Å². The number of aromatic nitrogens is 3. The number of benzene rings is 1. The molecule has 0 unspecified atom stereocenters. The maximum atomic E-state index is 12.1. The van der Waals surface area contributed by atoms with E-state index in [4.69, 9.17) is 9.47 Å². The molecule has 1 amide bonds. The molecule has 10 heteroatoms. The van der Waals surface area contributed by atoms with Crippen LogP contribution in [-0.2, 0) is 17.9 Å². The van der Waals surface area contributed by atoms with Gasteiger partial charge in [0, 0.05) is 31.4 Å². The van der Waals surface area contributed by atoms with Crippen molar-refractivity contribution in [2.75, 3.05) is 22.6 Å². The number of carbonyl (C=O) groups is 1. The van der Waals surface area contributed by atoms with Crippen LogP contribution in [0.2, 0.25) is 0 Å². The second-order valence-electron chi connectivity index (χ2n) is 9.61. The number of aryl methyl sites for hydroxylation is 1. The van der Waals surface area contributed by atoms with E-state index in [2.05, 4.69) is 25.6 Å². The fourth-order valence-electron chi connectivity index (χ4n) is 3.55. The zero-order valence-electron chi connectivity index (χ0n) is 21.5. The summed E-state index contributed by atoms with van der Waals surface area (Å²) in [5.41, 5.74) is 3.14. The number of hydrogen-bond acceptors (Lipinski definition) is 8. The van der Waals surface area contributed by atoms with Gasteiger partial charge >= 0.3 is 0 Å². The molecule has 192 valence electrons. The summed E-state index contributed by atoms with van der Waals surface area (Å²) in [5, 5.41) is 6.17. The molecule has 3 aromatic rings. The molecule has 2 aromatic heterocycles. The van der Waals surface area contributed by atoms with Crippen LogP contribution in [0.3, 0.4) is 0 Å². The maximum Gasteiger partial charge on any atom is 0.246 e. The Bertz CT molecular complexity index is 1200. The first-order chi connectivity index (χ1) is 16.6. The van der Waals surface area contributed by atoms with Gasteiger partial charge in [-0.15, -0.1) is 0 Å². The lowest BCUT2D eigenvalue weighted by atomic mass is 10.2. The quantitative estimate of drug-likeness (QED) is 0.481. The van der Waals surface area contributed by atoms with Crippen LogP contribution >= 0.6 is 13.5 Å². The van der Waals surface area contributed by atoms with Crippen molar-refractivity contribution >= 4 is 36.9 Å². The summed E-state index contributed by atoms with van der Waals surface area (Å²) in [6.07, 6.45) is 1.77. The smallest absolute Gasteiger partial charge is 0.246 e. The molecule has 36 heavy (non-hydrogen) atoms. The van der Waals surface area contributed by atoms with Crippen LogP contribution in [0.1, 0.15) is 44.5 Å². The largest absolute Gasteiger partial charge is 0.489 e. The minimum atomic E-state index is -0.289. The van der Waals surface area contributed by atoms with Crippen LogP contribution in [0.4, 0.5) is 17.5 Å². The average molecular weight is 511 g/mol. The Hall–Kier alpha value is -3.53. The van der Waals surface area contributed by atoms with Gasteiger partial charge in [-0.25, -0.2) is 9.97 Å². The average Bonchev–Trinajstić information content (AvgIpc) is 2.81. The van der Waals surface area contributed by atoms with Crippen molar-refractivity contribution in [2.24, 2.45) is 0 Å². The van der Waals surface area contributed by atoms with Gasteiger partial charge in [0.15, 0.2) is 5.82 Å². The third kappa shape index (κ3) is 6.57. The van der Waals surface area contributed by atoms with Crippen LogP contribution < -0.4 is 25.0 Å². The molecule has 2 N–H and O–H groups in total. The van der Waals surface area contributed by atoms with Crippen molar-refractivity contribution in [2.45, 2.75) is 59.4 Å². The van der Waals surface area contributed by atoms with Gasteiger partial charge in [0.25, 0.3) is 0 Å². The van der Waals surface area contributed by atoms with Crippen molar-refractivity contribution in [1.29, 1.82) is 0 Å². The highest BCUT2D eigenvalue weighted by atomic mass is 32.1. The Morgan fingerprint density at radius 1 is 1.08 bits per heavy atom. The number of nitrogens with one attached hydrogen (secondary N) is 2. The lowest BCUT2D eigenvalue weighted by molar-refractivity contribution is -0.117. The first kappa shape index (κ1) is 27.1. The standard InChI is InChI=1S/C26H32N6O3.H2S/c1-16-22-23(32(6)17(2)24(33)30-22)31-25(29-16)28-13-18-7-10-20(11-8-18)34-15-19-9-12-21(27-14-19)35-26(3,4)5;/h7-12,14,17H,13,15H2,1-6H3,(H,30,33)(H,28,29,31);1H2/t17-;/m0./s1. The van der Waals surface area contributed by atoms with E-state index < -0.39 is 0 Å². The van der Waals surface area contributed by atoms with Gasteiger partial charge in [0.2, 0.25) is 17.7 Å². The van der Waals surface area contributed by atoms with E-state index in [-0.39, 0.29) is 31.0 Å². The molecule has 0 aliphatic carbocycles. The predicted molar refractivity (Wildman–Crippen MR) is 146 cm³/mol. The van der Waals surface area contributed by atoms with Gasteiger partial charge in [0.05, 0.1) is 5.69 Å². The highest BCUT2D eigenvalue weighted by molar-refractivity contribution is 7.59. The first-order valence-electron chi connectivity index (χ1n) is 11.6. The number of pyridine rings is 1. The normalized spacial score (nSPS) is 14.9. The van der Waals surface area contributed by atoms with E-state index in [1.807, 2.05) is 83.0 Å². The number of ether oxygens (including phenoxy) is 2. The molecular weight excluding hydrogens is 476 g/mol. The summed E-state index contributed by atoms with van der Waals surface area (Å²) in [5.74, 6) is 2.54. The summed E-state index contributed by atoms with van der Waals surface area (Å²) < 4.78 is 11.6. The zero-order chi connectivity index (χ0) is 25.2. The molecule has 3 heterocycles. The van der Waals surface area contributed by atoms with E-state index in [0.717, 1.165) is 22.6 Å². The molecule has 4 rings (SSSR count). The third-order valence-corrected chi connectivity index (χ3v) is 5.60. The molecule has 0 bridgehead atoms. The zero-order valence-corrected chi connectivity index (χ0v) is 22.5. The Balaban J connectivity index is 0.00000361. The minimum Gasteiger partial charge on any atom is -0.489 e. The summed E-state index contributed by atoms with van der Waals surface area (Å²) in [6, 6.07) is 11.4. The van der Waals surface area contributed by atoms with Crippen molar-refractivity contribution in [3.05, 3.63) is 59.4 Å². The number of likely N-dealkylation sites (N-methyl/N-ethyl adjacent to an activating group) is 1. The van der Waals surface area contributed by atoms with Crippen LogP contribution in [0.5, 0.6) is 11.6 Å². The highest BCUT2D eigenvalue weighted by Gasteiger charge is 2.30. The van der Waals surface area contributed by atoms with Gasteiger partial charge in [-0.05, 0) is 58.4 Å². The molecule has 9 nitrogen and oxygen atoms in total. The Labute approximate surface area is 219 Å². The van der Waals surface area contributed by atoms with Crippen molar-refractivity contribution in [1.82, 2.24) is 15.0 Å². The van der Waals surface area contributed by atoms with E-state index in [1.165, 1.54) is 0 Å². The number of amides is 1. The molecule has 0 saturated carbocycles. The van der Waals surface area contributed by atoms with E-state index in [0.29, 0.717) is 36.5 Å². The second kappa shape index (κ2) is 11.0. The van der Waals surface area contributed by atoms with Crippen LogP contribution in [0.15, 0.2) is 42.6 Å². The molecule has 0 fully saturated rings. The lowest BCUT2D eigenvalue weighted by Crippen LogP contribution is -2.44. The second-order valence-corrected chi connectivity index (χ2v) is 9.61. The van der Waals surface area contributed by atoms with Crippen molar-refractivity contribution < 1.29 is 14.3 Å². The van der Waals surface area contributed by atoms with Gasteiger partial charge in [-0.2, -0.15) is 18.5 Å². The molecule has 1 atom stereocenters. The first-order valence-corrected chi connectivity index (χ1v) is 11.6. The Morgan fingerprint density at radius 2 is 1.78 bits per heavy atom. The number of fused-ring (bicyclic) bond motifs is 1. The van der Waals surface area contributed by atoms with Crippen LogP contribution in [0.25, 0.3) is 0 Å².